The van der Waals surface area contributed by atoms with Gasteiger partial charge in [0.1, 0.15) is 12.6 Å². The van der Waals surface area contributed by atoms with Crippen molar-refractivity contribution in [1.82, 2.24) is 10.2 Å². The number of hydrogen-bond donors (Lipinski definition) is 1. The van der Waals surface area contributed by atoms with Crippen molar-refractivity contribution < 1.29 is 31.2 Å². The van der Waals surface area contributed by atoms with Crippen molar-refractivity contribution in [2.24, 2.45) is 0 Å². The zero-order valence-corrected chi connectivity index (χ0v) is 25.5. The van der Waals surface area contributed by atoms with Gasteiger partial charge in [0.25, 0.3) is 10.0 Å². The van der Waals surface area contributed by atoms with Gasteiger partial charge in [0, 0.05) is 17.6 Å². The summed E-state index contributed by atoms with van der Waals surface area (Å²) in [5.74, 6) is -1.26. The first-order valence-corrected chi connectivity index (χ1v) is 15.8. The first kappa shape index (κ1) is 32.6. The maximum absolute atomic E-state index is 14.0. The van der Waals surface area contributed by atoms with E-state index in [1.165, 1.54) is 36.1 Å². The fourth-order valence-corrected chi connectivity index (χ4v) is 6.77. The number of alkyl halides is 3. The molecule has 1 saturated carbocycles. The molecule has 0 aliphatic heterocycles. The summed E-state index contributed by atoms with van der Waals surface area (Å²) in [6, 6.07) is 15.2. The second-order valence-electron chi connectivity index (χ2n) is 10.3. The quantitative estimate of drug-likeness (QED) is 0.264. The van der Waals surface area contributed by atoms with Crippen molar-refractivity contribution >= 4 is 50.7 Å². The molecule has 1 atom stereocenters. The van der Waals surface area contributed by atoms with Crippen LogP contribution in [-0.2, 0) is 32.3 Å². The Balaban J connectivity index is 1.75. The molecule has 7 nitrogen and oxygen atoms in total. The molecule has 3 aromatic carbocycles. The fraction of sp³-hybridized carbons (Fsp3) is 0.333. The molecule has 230 valence electrons. The summed E-state index contributed by atoms with van der Waals surface area (Å²) in [7, 11) is -4.55. The molecule has 0 radical (unpaired) electrons. The molecule has 1 fully saturated rings. The van der Waals surface area contributed by atoms with Crippen molar-refractivity contribution in [3.63, 3.8) is 0 Å². The SMILES string of the molecule is CC(C(=O)NC1CCCC1)N(Cc1ccccc1Cl)C(=O)CN(c1ccc(Cl)c(C(F)(F)F)c1)S(=O)(=O)c1ccccc1. The van der Waals surface area contributed by atoms with Gasteiger partial charge in [0.2, 0.25) is 11.8 Å². The summed E-state index contributed by atoms with van der Waals surface area (Å²) in [5.41, 5.74) is -1.18. The molecule has 13 heteroatoms. The Kier molecular flexibility index (Phi) is 10.3. The fourth-order valence-electron chi connectivity index (χ4n) is 4.92. The summed E-state index contributed by atoms with van der Waals surface area (Å²) >= 11 is 12.2. The monoisotopic (exact) mass is 655 g/mol. The van der Waals surface area contributed by atoms with Crippen molar-refractivity contribution in [3.8, 4) is 0 Å². The van der Waals surface area contributed by atoms with E-state index in [0.717, 1.165) is 37.8 Å². The van der Waals surface area contributed by atoms with Crippen LogP contribution in [0.5, 0.6) is 0 Å². The normalized spacial score (nSPS) is 14.7. The molecule has 0 aromatic heterocycles. The van der Waals surface area contributed by atoms with Crippen molar-refractivity contribution in [3.05, 3.63) is 94.0 Å². The average Bonchev–Trinajstić information content (AvgIpc) is 3.48. The number of anilines is 1. The minimum atomic E-state index is -4.89. The molecule has 1 unspecified atom stereocenters. The van der Waals surface area contributed by atoms with Crippen LogP contribution in [0.25, 0.3) is 0 Å². The number of hydrogen-bond acceptors (Lipinski definition) is 4. The van der Waals surface area contributed by atoms with E-state index in [2.05, 4.69) is 5.32 Å². The highest BCUT2D eigenvalue weighted by Crippen LogP contribution is 2.38. The Morgan fingerprint density at radius 1 is 0.953 bits per heavy atom. The predicted octanol–water partition coefficient (Wildman–Crippen LogP) is 6.68. The Morgan fingerprint density at radius 3 is 2.21 bits per heavy atom. The van der Waals surface area contributed by atoms with E-state index in [9.17, 15) is 31.2 Å². The second-order valence-corrected chi connectivity index (χ2v) is 12.9. The highest BCUT2D eigenvalue weighted by atomic mass is 35.5. The third kappa shape index (κ3) is 7.82. The van der Waals surface area contributed by atoms with Gasteiger partial charge in [-0.05, 0) is 61.7 Å². The summed E-state index contributed by atoms with van der Waals surface area (Å²) in [6.45, 7) is 0.464. The van der Waals surface area contributed by atoms with Gasteiger partial charge >= 0.3 is 6.18 Å². The highest BCUT2D eigenvalue weighted by molar-refractivity contribution is 7.92. The van der Waals surface area contributed by atoms with E-state index >= 15 is 0 Å². The smallest absolute Gasteiger partial charge is 0.352 e. The van der Waals surface area contributed by atoms with Crippen LogP contribution in [0, 0.1) is 0 Å². The molecule has 43 heavy (non-hydrogen) atoms. The lowest BCUT2D eigenvalue weighted by Gasteiger charge is -2.33. The molecule has 1 aliphatic carbocycles. The zero-order valence-electron chi connectivity index (χ0n) is 23.2. The molecule has 0 saturated heterocycles. The molecule has 0 heterocycles. The van der Waals surface area contributed by atoms with Gasteiger partial charge in [0.05, 0.1) is 21.2 Å². The van der Waals surface area contributed by atoms with Crippen LogP contribution in [-0.4, -0.2) is 43.8 Å². The van der Waals surface area contributed by atoms with Crippen LogP contribution >= 0.6 is 23.2 Å². The lowest BCUT2D eigenvalue weighted by atomic mass is 10.1. The van der Waals surface area contributed by atoms with E-state index in [-0.39, 0.29) is 17.5 Å². The minimum Gasteiger partial charge on any atom is -0.352 e. The van der Waals surface area contributed by atoms with Crippen LogP contribution < -0.4 is 9.62 Å². The van der Waals surface area contributed by atoms with E-state index in [0.29, 0.717) is 21.0 Å². The summed E-state index contributed by atoms with van der Waals surface area (Å²) in [4.78, 5) is 28.2. The number of halogens is 5. The number of nitrogens with one attached hydrogen (secondary N) is 1. The lowest BCUT2D eigenvalue weighted by molar-refractivity contribution is -0.139. The lowest BCUT2D eigenvalue weighted by Crippen LogP contribution is -2.52. The number of carbonyl (C=O) groups is 2. The Morgan fingerprint density at radius 2 is 1.58 bits per heavy atom. The highest BCUT2D eigenvalue weighted by Gasteiger charge is 2.37. The minimum absolute atomic E-state index is 0.0444. The maximum atomic E-state index is 14.0. The maximum Gasteiger partial charge on any atom is 0.417 e. The van der Waals surface area contributed by atoms with Gasteiger partial charge in [-0.3, -0.25) is 13.9 Å². The molecule has 2 amide bonds. The Labute approximate surface area is 258 Å². The summed E-state index contributed by atoms with van der Waals surface area (Å²) < 4.78 is 69.5. The van der Waals surface area contributed by atoms with Crippen LogP contribution in [0.15, 0.2) is 77.7 Å². The molecule has 1 aliphatic rings. The number of amides is 2. The van der Waals surface area contributed by atoms with Crippen LogP contribution in [0.2, 0.25) is 10.0 Å². The topological polar surface area (TPSA) is 86.8 Å². The van der Waals surface area contributed by atoms with E-state index in [4.69, 9.17) is 23.2 Å². The average molecular weight is 657 g/mol. The van der Waals surface area contributed by atoms with Gasteiger partial charge in [-0.1, -0.05) is 72.4 Å². The van der Waals surface area contributed by atoms with Crippen molar-refractivity contribution in [1.29, 1.82) is 0 Å². The van der Waals surface area contributed by atoms with Crippen molar-refractivity contribution in [2.45, 2.75) is 62.3 Å². The first-order valence-electron chi connectivity index (χ1n) is 13.6. The molecule has 0 bridgehead atoms. The number of benzene rings is 3. The third-order valence-electron chi connectivity index (χ3n) is 7.32. The number of sulfonamides is 1. The zero-order chi connectivity index (χ0) is 31.4. The Hall–Kier alpha value is -3.28. The van der Waals surface area contributed by atoms with E-state index in [1.807, 2.05) is 0 Å². The largest absolute Gasteiger partial charge is 0.417 e. The second kappa shape index (κ2) is 13.6. The molecular weight excluding hydrogens is 626 g/mol. The standard InChI is InChI=1S/C30H30Cl2F3N3O4S/c1-20(29(40)36-22-10-6-7-11-22)37(18-21-9-5-8-14-26(21)31)28(39)19-38(43(41,42)24-12-3-2-4-13-24)23-15-16-27(32)25(17-23)30(33,34)35/h2-5,8-9,12-17,20,22H,6-7,10-11,18-19H2,1H3,(H,36,40). The number of carbonyl (C=O) groups excluding carboxylic acids is 2. The van der Waals surface area contributed by atoms with Gasteiger partial charge in [-0.2, -0.15) is 13.2 Å². The van der Waals surface area contributed by atoms with E-state index in [1.54, 1.807) is 30.3 Å². The van der Waals surface area contributed by atoms with Crippen LogP contribution in [0.3, 0.4) is 0 Å². The number of nitrogens with zero attached hydrogens (tertiary/aromatic N) is 2. The van der Waals surface area contributed by atoms with Gasteiger partial charge in [-0.15, -0.1) is 0 Å². The van der Waals surface area contributed by atoms with Crippen LogP contribution in [0.4, 0.5) is 18.9 Å². The molecular formula is C30H30Cl2F3N3O4S. The summed E-state index contributed by atoms with van der Waals surface area (Å²) in [5, 5.41) is 2.64. The van der Waals surface area contributed by atoms with Crippen LogP contribution in [0.1, 0.15) is 43.7 Å². The van der Waals surface area contributed by atoms with Gasteiger partial charge < -0.3 is 10.2 Å². The predicted molar refractivity (Wildman–Crippen MR) is 159 cm³/mol. The molecule has 3 aromatic rings. The van der Waals surface area contributed by atoms with Gasteiger partial charge in [0.15, 0.2) is 0 Å². The number of rotatable bonds is 10. The molecule has 0 spiro atoms. The van der Waals surface area contributed by atoms with Crippen molar-refractivity contribution in [2.75, 3.05) is 10.8 Å². The molecule has 4 rings (SSSR count). The van der Waals surface area contributed by atoms with E-state index < -0.39 is 56.9 Å². The Bertz CT molecular complexity index is 1570. The van der Waals surface area contributed by atoms with Gasteiger partial charge in [-0.25, -0.2) is 8.42 Å². The third-order valence-corrected chi connectivity index (χ3v) is 9.81. The molecule has 1 N–H and O–H groups in total. The first-order chi connectivity index (χ1) is 20.3. The summed E-state index contributed by atoms with van der Waals surface area (Å²) in [6.07, 6.45) is -1.34.